The van der Waals surface area contributed by atoms with Crippen LogP contribution in [0.3, 0.4) is 0 Å². The minimum atomic E-state index is 0.604. The Kier molecular flexibility index (Phi) is 3.46. The first-order chi connectivity index (χ1) is 7.65. The van der Waals surface area contributed by atoms with Gasteiger partial charge in [-0.3, -0.25) is 9.58 Å². The van der Waals surface area contributed by atoms with E-state index in [0.717, 1.165) is 13.1 Å². The van der Waals surface area contributed by atoms with Crippen LogP contribution in [0.15, 0.2) is 12.3 Å². The number of nitrogens with two attached hydrogens (primary N) is 1. The van der Waals surface area contributed by atoms with E-state index in [0.29, 0.717) is 11.9 Å². The number of hydrogen-bond acceptors (Lipinski definition) is 4. The highest BCUT2D eigenvalue weighted by Gasteiger charge is 2.23. The monoisotopic (exact) mass is 223 g/mol. The number of likely N-dealkylation sites (tertiary alicyclic amines) is 1. The third-order valence-corrected chi connectivity index (χ3v) is 3.28. The van der Waals surface area contributed by atoms with Crippen LogP contribution in [-0.2, 0) is 6.54 Å². The van der Waals surface area contributed by atoms with Gasteiger partial charge < -0.3 is 10.6 Å². The van der Waals surface area contributed by atoms with Crippen LogP contribution in [0.25, 0.3) is 0 Å². The molecule has 5 heteroatoms. The van der Waals surface area contributed by atoms with Crippen LogP contribution in [0.4, 0.5) is 5.82 Å². The van der Waals surface area contributed by atoms with Crippen LogP contribution in [-0.4, -0.2) is 59.4 Å². The Morgan fingerprint density at radius 1 is 1.50 bits per heavy atom. The lowest BCUT2D eigenvalue weighted by atomic mass is 10.2. The fraction of sp³-hybridized carbons (Fsp3) is 0.727. The van der Waals surface area contributed by atoms with Crippen LogP contribution in [0, 0.1) is 0 Å². The molecule has 1 fully saturated rings. The van der Waals surface area contributed by atoms with Crippen molar-refractivity contribution >= 4 is 5.82 Å². The first-order valence-electron chi connectivity index (χ1n) is 5.83. The Hall–Kier alpha value is -1.07. The van der Waals surface area contributed by atoms with E-state index < -0.39 is 0 Å². The number of anilines is 1. The lowest BCUT2D eigenvalue weighted by Crippen LogP contribution is -2.32. The molecule has 0 saturated carbocycles. The average molecular weight is 223 g/mol. The van der Waals surface area contributed by atoms with Crippen LogP contribution in [0.1, 0.15) is 6.42 Å². The quantitative estimate of drug-likeness (QED) is 0.786. The second-order valence-corrected chi connectivity index (χ2v) is 4.71. The fourth-order valence-electron chi connectivity index (χ4n) is 2.18. The third kappa shape index (κ3) is 2.74. The minimum Gasteiger partial charge on any atom is -0.382 e. The van der Waals surface area contributed by atoms with E-state index in [9.17, 15) is 0 Å². The molecule has 1 aromatic heterocycles. The maximum Gasteiger partial charge on any atom is 0.145 e. The topological polar surface area (TPSA) is 50.3 Å². The van der Waals surface area contributed by atoms with Gasteiger partial charge in [0.1, 0.15) is 5.82 Å². The number of nitrogen functional groups attached to an aromatic ring is 1. The zero-order valence-corrected chi connectivity index (χ0v) is 10.1. The summed E-state index contributed by atoms with van der Waals surface area (Å²) in [5.41, 5.74) is 5.57. The number of rotatable bonds is 4. The Morgan fingerprint density at radius 2 is 2.31 bits per heavy atom. The summed E-state index contributed by atoms with van der Waals surface area (Å²) in [6, 6.07) is 2.55. The van der Waals surface area contributed by atoms with Crippen LogP contribution < -0.4 is 5.73 Å². The molecule has 1 aliphatic rings. The zero-order valence-electron chi connectivity index (χ0n) is 10.1. The summed E-state index contributed by atoms with van der Waals surface area (Å²) in [6.07, 6.45) is 3.21. The van der Waals surface area contributed by atoms with Gasteiger partial charge in [-0.2, -0.15) is 5.10 Å². The van der Waals surface area contributed by atoms with Crippen molar-refractivity contribution in [3.63, 3.8) is 0 Å². The molecule has 1 atom stereocenters. The molecule has 0 spiro atoms. The standard InChI is InChI=1S/C11H21N5/c1-14(2)10-3-5-15(9-10)7-8-16-6-4-11(12)13-16/h4,6,10H,3,5,7-9H2,1-2H3,(H2,12,13). The van der Waals surface area contributed by atoms with Crippen LogP contribution >= 0.6 is 0 Å². The summed E-state index contributed by atoms with van der Waals surface area (Å²) in [5.74, 6) is 0.604. The molecule has 0 amide bonds. The summed E-state index contributed by atoms with van der Waals surface area (Å²) in [5, 5.41) is 4.18. The molecular weight excluding hydrogens is 202 g/mol. The molecule has 0 aliphatic carbocycles. The van der Waals surface area contributed by atoms with Gasteiger partial charge in [-0.25, -0.2) is 0 Å². The van der Waals surface area contributed by atoms with E-state index in [1.807, 2.05) is 16.9 Å². The zero-order chi connectivity index (χ0) is 11.5. The normalized spacial score (nSPS) is 22.1. The van der Waals surface area contributed by atoms with Gasteiger partial charge >= 0.3 is 0 Å². The van der Waals surface area contributed by atoms with E-state index >= 15 is 0 Å². The Bertz CT molecular complexity index is 333. The highest BCUT2D eigenvalue weighted by Crippen LogP contribution is 2.12. The smallest absolute Gasteiger partial charge is 0.145 e. The molecule has 1 aromatic rings. The molecule has 1 unspecified atom stereocenters. The van der Waals surface area contributed by atoms with Crippen molar-refractivity contribution in [2.45, 2.75) is 19.0 Å². The van der Waals surface area contributed by atoms with E-state index in [2.05, 4.69) is 29.0 Å². The molecule has 2 rings (SSSR count). The predicted molar refractivity (Wildman–Crippen MR) is 65.2 cm³/mol. The molecule has 0 radical (unpaired) electrons. The lowest BCUT2D eigenvalue weighted by molar-refractivity contribution is 0.261. The Balaban J connectivity index is 1.75. The van der Waals surface area contributed by atoms with E-state index in [4.69, 9.17) is 5.73 Å². The molecule has 16 heavy (non-hydrogen) atoms. The van der Waals surface area contributed by atoms with Crippen molar-refractivity contribution in [1.82, 2.24) is 19.6 Å². The molecule has 90 valence electrons. The number of aromatic nitrogens is 2. The van der Waals surface area contributed by atoms with E-state index in [1.165, 1.54) is 19.5 Å². The molecular formula is C11H21N5. The summed E-state index contributed by atoms with van der Waals surface area (Å²) in [4.78, 5) is 4.80. The summed E-state index contributed by atoms with van der Waals surface area (Å²) in [6.45, 7) is 4.35. The number of likely N-dealkylation sites (N-methyl/N-ethyl adjacent to an activating group) is 1. The SMILES string of the molecule is CN(C)C1CCN(CCn2ccc(N)n2)C1. The Labute approximate surface area is 96.8 Å². The summed E-state index contributed by atoms with van der Waals surface area (Å²) in [7, 11) is 4.31. The van der Waals surface area contributed by atoms with Gasteiger partial charge in [0.05, 0.1) is 6.54 Å². The predicted octanol–water partition coefficient (Wildman–Crippen LogP) is 0.101. The second kappa shape index (κ2) is 4.84. The van der Waals surface area contributed by atoms with Crippen molar-refractivity contribution < 1.29 is 0 Å². The van der Waals surface area contributed by atoms with E-state index in [1.54, 1.807) is 0 Å². The minimum absolute atomic E-state index is 0.604. The van der Waals surface area contributed by atoms with Crippen molar-refractivity contribution in [1.29, 1.82) is 0 Å². The van der Waals surface area contributed by atoms with Gasteiger partial charge in [-0.05, 0) is 33.1 Å². The maximum atomic E-state index is 5.57. The average Bonchev–Trinajstić information content (AvgIpc) is 2.83. The highest BCUT2D eigenvalue weighted by atomic mass is 15.3. The molecule has 1 saturated heterocycles. The second-order valence-electron chi connectivity index (χ2n) is 4.71. The van der Waals surface area contributed by atoms with Crippen molar-refractivity contribution in [2.75, 3.05) is 39.5 Å². The van der Waals surface area contributed by atoms with Gasteiger partial charge in [-0.15, -0.1) is 0 Å². The van der Waals surface area contributed by atoms with Crippen molar-refractivity contribution in [3.05, 3.63) is 12.3 Å². The van der Waals surface area contributed by atoms with Gasteiger partial charge in [0, 0.05) is 25.3 Å². The molecule has 5 nitrogen and oxygen atoms in total. The van der Waals surface area contributed by atoms with Crippen molar-refractivity contribution in [3.8, 4) is 0 Å². The van der Waals surface area contributed by atoms with Gasteiger partial charge in [0.2, 0.25) is 0 Å². The third-order valence-electron chi connectivity index (χ3n) is 3.28. The highest BCUT2D eigenvalue weighted by molar-refractivity contribution is 5.23. The molecule has 2 N–H and O–H groups in total. The van der Waals surface area contributed by atoms with Crippen molar-refractivity contribution in [2.24, 2.45) is 0 Å². The van der Waals surface area contributed by atoms with Gasteiger partial charge in [0.15, 0.2) is 0 Å². The van der Waals surface area contributed by atoms with Gasteiger partial charge in [0.25, 0.3) is 0 Å². The lowest BCUT2D eigenvalue weighted by Gasteiger charge is -2.20. The van der Waals surface area contributed by atoms with Gasteiger partial charge in [-0.1, -0.05) is 0 Å². The number of nitrogens with zero attached hydrogens (tertiary/aromatic N) is 4. The molecule has 1 aliphatic heterocycles. The first-order valence-corrected chi connectivity index (χ1v) is 5.83. The Morgan fingerprint density at radius 3 is 2.88 bits per heavy atom. The maximum absolute atomic E-state index is 5.57. The first kappa shape index (κ1) is 11.4. The largest absolute Gasteiger partial charge is 0.382 e. The molecule has 2 heterocycles. The van der Waals surface area contributed by atoms with Crippen LogP contribution in [0.2, 0.25) is 0 Å². The fourth-order valence-corrected chi connectivity index (χ4v) is 2.18. The van der Waals surface area contributed by atoms with Crippen LogP contribution in [0.5, 0.6) is 0 Å². The summed E-state index contributed by atoms with van der Waals surface area (Å²) < 4.78 is 1.92. The number of hydrogen-bond donors (Lipinski definition) is 1. The van der Waals surface area contributed by atoms with E-state index in [-0.39, 0.29) is 0 Å². The summed E-state index contributed by atoms with van der Waals surface area (Å²) >= 11 is 0. The molecule has 0 bridgehead atoms. The molecule has 0 aromatic carbocycles.